The number of hydrogen-bond acceptors (Lipinski definition) is 5. The lowest BCUT2D eigenvalue weighted by molar-refractivity contribution is -0.170. The number of pyridine rings is 1. The second-order valence-electron chi connectivity index (χ2n) is 6.65. The molecule has 23 heavy (non-hydrogen) atoms. The average molecular weight is 318 g/mol. The molecule has 0 saturated carbocycles. The number of likely N-dealkylation sites (tertiary alicyclic amines) is 1. The maximum Gasteiger partial charge on any atom is 0.228 e. The molecule has 0 aromatic carbocycles. The van der Waals surface area contributed by atoms with Gasteiger partial charge in [-0.2, -0.15) is 0 Å². The molecule has 3 aliphatic heterocycles. The number of aromatic nitrogens is 1. The van der Waals surface area contributed by atoms with Gasteiger partial charge in [0, 0.05) is 25.3 Å². The van der Waals surface area contributed by atoms with Gasteiger partial charge in [0.25, 0.3) is 0 Å². The molecule has 0 radical (unpaired) electrons. The summed E-state index contributed by atoms with van der Waals surface area (Å²) in [7, 11) is 0. The van der Waals surface area contributed by atoms with Crippen molar-refractivity contribution < 1.29 is 19.0 Å². The highest BCUT2D eigenvalue weighted by molar-refractivity contribution is 5.80. The van der Waals surface area contributed by atoms with Gasteiger partial charge in [-0.05, 0) is 25.0 Å². The highest BCUT2D eigenvalue weighted by Crippen LogP contribution is 2.41. The van der Waals surface area contributed by atoms with Crippen molar-refractivity contribution in [3.05, 3.63) is 24.5 Å². The molecule has 0 bridgehead atoms. The molecule has 3 fully saturated rings. The Hall–Kier alpha value is -1.66. The highest BCUT2D eigenvalue weighted by atomic mass is 16.5. The molecule has 0 aliphatic carbocycles. The molecule has 6 heteroatoms. The second kappa shape index (κ2) is 6.09. The monoisotopic (exact) mass is 318 g/mol. The summed E-state index contributed by atoms with van der Waals surface area (Å²) >= 11 is 0. The van der Waals surface area contributed by atoms with Crippen molar-refractivity contribution in [2.24, 2.45) is 11.8 Å². The molecule has 6 nitrogen and oxygen atoms in total. The Kier molecular flexibility index (Phi) is 3.95. The van der Waals surface area contributed by atoms with Crippen molar-refractivity contribution in [3.8, 4) is 5.75 Å². The Morgan fingerprint density at radius 2 is 2.30 bits per heavy atom. The Balaban J connectivity index is 1.33. The molecule has 3 saturated heterocycles. The van der Waals surface area contributed by atoms with E-state index in [1.54, 1.807) is 12.4 Å². The van der Waals surface area contributed by atoms with Crippen LogP contribution in [0.15, 0.2) is 24.5 Å². The van der Waals surface area contributed by atoms with E-state index in [-0.39, 0.29) is 17.4 Å². The number of ether oxygens (including phenoxy) is 3. The summed E-state index contributed by atoms with van der Waals surface area (Å²) in [5.41, 5.74) is -0.211. The Morgan fingerprint density at radius 1 is 1.39 bits per heavy atom. The smallest absolute Gasteiger partial charge is 0.228 e. The predicted octanol–water partition coefficient (Wildman–Crippen LogP) is 1.11. The summed E-state index contributed by atoms with van der Waals surface area (Å²) in [6, 6.07) is 3.77. The van der Waals surface area contributed by atoms with Crippen LogP contribution in [0, 0.1) is 11.8 Å². The van der Waals surface area contributed by atoms with E-state index in [2.05, 4.69) is 4.98 Å². The van der Waals surface area contributed by atoms with Crippen LogP contribution in [0.25, 0.3) is 0 Å². The van der Waals surface area contributed by atoms with Crippen LogP contribution >= 0.6 is 0 Å². The van der Waals surface area contributed by atoms with Crippen LogP contribution in [-0.2, 0) is 14.3 Å². The van der Waals surface area contributed by atoms with E-state index in [1.807, 2.05) is 17.0 Å². The number of carbonyl (C=O) groups excluding carboxylic acids is 1. The first-order chi connectivity index (χ1) is 11.3. The minimum Gasteiger partial charge on any atom is -0.492 e. The SMILES string of the molecule is O=C([C@H]1CCOC1)N1CC2(C1)OCC[C@@H]2COc1cccnc1. The van der Waals surface area contributed by atoms with Crippen molar-refractivity contribution in [1.82, 2.24) is 9.88 Å². The van der Waals surface area contributed by atoms with Crippen LogP contribution < -0.4 is 4.74 Å². The van der Waals surface area contributed by atoms with E-state index in [0.29, 0.717) is 38.8 Å². The van der Waals surface area contributed by atoms with Crippen LogP contribution in [0.1, 0.15) is 12.8 Å². The molecule has 1 amide bonds. The van der Waals surface area contributed by atoms with Crippen LogP contribution in [-0.4, -0.2) is 60.9 Å². The van der Waals surface area contributed by atoms with Crippen LogP contribution in [0.2, 0.25) is 0 Å². The van der Waals surface area contributed by atoms with Gasteiger partial charge in [-0.15, -0.1) is 0 Å². The van der Waals surface area contributed by atoms with E-state index in [4.69, 9.17) is 14.2 Å². The maximum absolute atomic E-state index is 12.4. The number of nitrogens with zero attached hydrogens (tertiary/aromatic N) is 2. The molecule has 3 aliphatic rings. The van der Waals surface area contributed by atoms with Gasteiger partial charge >= 0.3 is 0 Å². The molecule has 2 atom stereocenters. The molecular formula is C17H22N2O4. The van der Waals surface area contributed by atoms with E-state index in [1.165, 1.54) is 0 Å². The third-order valence-corrected chi connectivity index (χ3v) is 5.19. The van der Waals surface area contributed by atoms with Gasteiger partial charge < -0.3 is 19.1 Å². The van der Waals surface area contributed by atoms with Gasteiger partial charge in [0.15, 0.2) is 0 Å². The van der Waals surface area contributed by atoms with Crippen molar-refractivity contribution in [2.45, 2.75) is 18.4 Å². The highest BCUT2D eigenvalue weighted by Gasteiger charge is 2.55. The molecule has 1 aromatic rings. The average Bonchev–Trinajstić information content (AvgIpc) is 3.21. The van der Waals surface area contributed by atoms with Crippen molar-refractivity contribution in [1.29, 1.82) is 0 Å². The summed E-state index contributed by atoms with van der Waals surface area (Å²) in [6.07, 6.45) is 5.28. The number of carbonyl (C=O) groups is 1. The lowest BCUT2D eigenvalue weighted by atomic mass is 9.80. The number of rotatable bonds is 4. The summed E-state index contributed by atoms with van der Waals surface area (Å²) < 4.78 is 17.2. The fourth-order valence-electron chi connectivity index (χ4n) is 3.74. The summed E-state index contributed by atoms with van der Waals surface area (Å²) in [4.78, 5) is 18.4. The van der Waals surface area contributed by atoms with Gasteiger partial charge in [-0.3, -0.25) is 9.78 Å². The standard InChI is InChI=1S/C17H22N2O4/c20-16(13-3-6-21-9-13)19-11-17(12-19)14(4-7-23-17)10-22-15-2-1-5-18-8-15/h1-2,5,8,13-14H,3-4,6-7,9-12H2/t13-,14+/m0/s1. The van der Waals surface area contributed by atoms with E-state index in [9.17, 15) is 4.79 Å². The third kappa shape index (κ3) is 2.81. The quantitative estimate of drug-likeness (QED) is 0.832. The normalized spacial score (nSPS) is 28.8. The molecule has 1 spiro atoms. The zero-order chi connectivity index (χ0) is 15.7. The lowest BCUT2D eigenvalue weighted by Crippen LogP contribution is -2.67. The minimum absolute atomic E-state index is 0.0406. The van der Waals surface area contributed by atoms with Crippen molar-refractivity contribution in [2.75, 3.05) is 39.5 Å². The topological polar surface area (TPSA) is 60.9 Å². The summed E-state index contributed by atoms with van der Waals surface area (Å²) in [6.45, 7) is 3.99. The Bertz CT molecular complexity index is 553. The number of amides is 1. The summed E-state index contributed by atoms with van der Waals surface area (Å²) in [5, 5.41) is 0. The van der Waals surface area contributed by atoms with Gasteiger partial charge in [-0.25, -0.2) is 0 Å². The second-order valence-corrected chi connectivity index (χ2v) is 6.65. The minimum atomic E-state index is -0.211. The first-order valence-corrected chi connectivity index (χ1v) is 8.30. The molecule has 124 valence electrons. The Morgan fingerprint density at radius 3 is 3.04 bits per heavy atom. The zero-order valence-electron chi connectivity index (χ0n) is 13.1. The maximum atomic E-state index is 12.4. The molecule has 1 aromatic heterocycles. The van der Waals surface area contributed by atoms with Crippen LogP contribution in [0.3, 0.4) is 0 Å². The molecular weight excluding hydrogens is 296 g/mol. The van der Waals surface area contributed by atoms with E-state index >= 15 is 0 Å². The molecule has 0 N–H and O–H groups in total. The zero-order valence-corrected chi connectivity index (χ0v) is 13.1. The van der Waals surface area contributed by atoms with Gasteiger partial charge in [-0.1, -0.05) is 0 Å². The van der Waals surface area contributed by atoms with Gasteiger partial charge in [0.05, 0.1) is 38.4 Å². The van der Waals surface area contributed by atoms with Crippen molar-refractivity contribution >= 4 is 5.91 Å². The summed E-state index contributed by atoms with van der Waals surface area (Å²) in [5.74, 6) is 1.37. The molecule has 0 unspecified atom stereocenters. The van der Waals surface area contributed by atoms with Crippen molar-refractivity contribution in [3.63, 3.8) is 0 Å². The first kappa shape index (κ1) is 14.9. The largest absolute Gasteiger partial charge is 0.492 e. The van der Waals surface area contributed by atoms with Gasteiger partial charge in [0.2, 0.25) is 5.91 Å². The fourth-order valence-corrected chi connectivity index (χ4v) is 3.74. The predicted molar refractivity (Wildman–Crippen MR) is 82.0 cm³/mol. The first-order valence-electron chi connectivity index (χ1n) is 8.30. The van der Waals surface area contributed by atoms with E-state index in [0.717, 1.165) is 25.2 Å². The molecule has 4 rings (SSSR count). The van der Waals surface area contributed by atoms with Crippen LogP contribution in [0.4, 0.5) is 0 Å². The lowest BCUT2D eigenvalue weighted by Gasteiger charge is -2.50. The molecule has 4 heterocycles. The Labute approximate surface area is 135 Å². The number of hydrogen-bond donors (Lipinski definition) is 0. The fraction of sp³-hybridized carbons (Fsp3) is 0.647. The van der Waals surface area contributed by atoms with E-state index < -0.39 is 0 Å². The van der Waals surface area contributed by atoms with Crippen LogP contribution in [0.5, 0.6) is 5.75 Å². The van der Waals surface area contributed by atoms with Gasteiger partial charge in [0.1, 0.15) is 11.4 Å². The third-order valence-electron chi connectivity index (χ3n) is 5.19.